The van der Waals surface area contributed by atoms with Crippen LogP contribution in [0, 0.1) is 6.92 Å². The number of aromatic nitrogens is 2. The van der Waals surface area contributed by atoms with Crippen LogP contribution in [0.2, 0.25) is 0 Å². The number of ether oxygens (including phenoxy) is 1. The summed E-state index contributed by atoms with van der Waals surface area (Å²) in [4.78, 5) is 2.56. The molecule has 0 radical (unpaired) electrons. The number of rotatable bonds is 5. The molecular weight excluding hydrogens is 266 g/mol. The maximum absolute atomic E-state index is 6.08. The first-order valence-corrected chi connectivity index (χ1v) is 8.06. The van der Waals surface area contributed by atoms with E-state index in [1.807, 2.05) is 6.92 Å². The van der Waals surface area contributed by atoms with Gasteiger partial charge in [0.2, 0.25) is 0 Å². The van der Waals surface area contributed by atoms with Crippen molar-refractivity contribution in [1.29, 1.82) is 0 Å². The van der Waals surface area contributed by atoms with Gasteiger partial charge in [0.1, 0.15) is 0 Å². The maximum atomic E-state index is 6.08. The van der Waals surface area contributed by atoms with E-state index in [-0.39, 0.29) is 12.1 Å². The summed E-state index contributed by atoms with van der Waals surface area (Å²) in [5, 5.41) is 4.51. The molecule has 0 spiro atoms. The maximum Gasteiger partial charge on any atom is 0.0872 e. The van der Waals surface area contributed by atoms with Crippen LogP contribution in [0.5, 0.6) is 0 Å². The van der Waals surface area contributed by atoms with Gasteiger partial charge in [-0.15, -0.1) is 0 Å². The second-order valence-corrected chi connectivity index (χ2v) is 6.23. The molecule has 2 saturated heterocycles. The number of nitrogens with two attached hydrogens (primary N) is 1. The van der Waals surface area contributed by atoms with Crippen molar-refractivity contribution in [1.82, 2.24) is 20.1 Å². The Hall–Kier alpha value is -0.950. The van der Waals surface area contributed by atoms with Crippen molar-refractivity contribution in [3.8, 4) is 0 Å². The Bertz CT molecular complexity index is 475. The zero-order valence-corrected chi connectivity index (χ0v) is 13.1. The number of fused-ring (bicyclic) bond motifs is 1. The van der Waals surface area contributed by atoms with Gasteiger partial charge in [-0.05, 0) is 39.3 Å². The van der Waals surface area contributed by atoms with E-state index in [2.05, 4.69) is 33.1 Å². The highest BCUT2D eigenvalue weighted by atomic mass is 16.5. The molecule has 118 valence electrons. The minimum Gasteiger partial charge on any atom is -0.374 e. The fourth-order valence-electron chi connectivity index (χ4n) is 3.65. The highest BCUT2D eigenvalue weighted by Crippen LogP contribution is 2.24. The molecule has 0 aromatic carbocycles. The molecule has 3 unspecified atom stereocenters. The molecule has 2 aliphatic heterocycles. The molecule has 3 heterocycles. The summed E-state index contributed by atoms with van der Waals surface area (Å²) >= 11 is 0. The average molecular weight is 293 g/mol. The number of hydrazine groups is 1. The number of nitrogens with one attached hydrogen (secondary N) is 1. The van der Waals surface area contributed by atoms with Crippen molar-refractivity contribution in [3.05, 3.63) is 17.5 Å². The van der Waals surface area contributed by atoms with Gasteiger partial charge in [0, 0.05) is 31.2 Å². The Morgan fingerprint density at radius 3 is 3.19 bits per heavy atom. The predicted octanol–water partition coefficient (Wildman–Crippen LogP) is 0.449. The third kappa shape index (κ3) is 3.13. The van der Waals surface area contributed by atoms with Gasteiger partial charge in [0.05, 0.1) is 24.4 Å². The number of hydrogen-bond acceptors (Lipinski definition) is 5. The summed E-state index contributed by atoms with van der Waals surface area (Å²) in [5.41, 5.74) is 5.26. The lowest BCUT2D eigenvalue weighted by Gasteiger charge is -2.38. The van der Waals surface area contributed by atoms with Gasteiger partial charge < -0.3 is 4.74 Å². The summed E-state index contributed by atoms with van der Waals surface area (Å²) in [5.74, 6) is 5.81. The van der Waals surface area contributed by atoms with E-state index >= 15 is 0 Å². The van der Waals surface area contributed by atoms with Gasteiger partial charge in [-0.2, -0.15) is 5.10 Å². The third-order valence-electron chi connectivity index (χ3n) is 4.79. The fraction of sp³-hybridized carbons (Fsp3) is 0.800. The highest BCUT2D eigenvalue weighted by molar-refractivity contribution is 5.11. The van der Waals surface area contributed by atoms with Gasteiger partial charge in [-0.25, -0.2) is 0 Å². The number of nitrogens with zero attached hydrogens (tertiary/aromatic N) is 3. The molecule has 6 heteroatoms. The molecule has 21 heavy (non-hydrogen) atoms. The lowest BCUT2D eigenvalue weighted by molar-refractivity contribution is -0.0646. The van der Waals surface area contributed by atoms with Crippen LogP contribution in [0.15, 0.2) is 6.07 Å². The second-order valence-electron chi connectivity index (χ2n) is 6.23. The van der Waals surface area contributed by atoms with Gasteiger partial charge in [0.15, 0.2) is 0 Å². The van der Waals surface area contributed by atoms with E-state index in [9.17, 15) is 0 Å². The van der Waals surface area contributed by atoms with Crippen LogP contribution in [0.25, 0.3) is 0 Å². The number of morpholine rings is 1. The minimum absolute atomic E-state index is 0.132. The van der Waals surface area contributed by atoms with E-state index in [1.165, 1.54) is 25.1 Å². The largest absolute Gasteiger partial charge is 0.374 e. The molecule has 0 bridgehead atoms. The summed E-state index contributed by atoms with van der Waals surface area (Å²) in [7, 11) is 0. The first-order valence-electron chi connectivity index (χ1n) is 8.06. The third-order valence-corrected chi connectivity index (χ3v) is 4.79. The normalized spacial score (nSPS) is 27.8. The Morgan fingerprint density at radius 2 is 2.43 bits per heavy atom. The van der Waals surface area contributed by atoms with Gasteiger partial charge in [-0.3, -0.25) is 20.9 Å². The van der Waals surface area contributed by atoms with Crippen molar-refractivity contribution in [3.63, 3.8) is 0 Å². The molecule has 0 aliphatic carbocycles. The van der Waals surface area contributed by atoms with E-state index in [4.69, 9.17) is 10.6 Å². The zero-order valence-electron chi connectivity index (χ0n) is 13.1. The van der Waals surface area contributed by atoms with E-state index in [0.717, 1.165) is 31.8 Å². The van der Waals surface area contributed by atoms with E-state index < -0.39 is 0 Å². The Labute approximate surface area is 126 Å². The van der Waals surface area contributed by atoms with Crippen LogP contribution in [0.4, 0.5) is 0 Å². The molecule has 2 fully saturated rings. The molecule has 0 amide bonds. The zero-order chi connectivity index (χ0) is 14.8. The monoisotopic (exact) mass is 293 g/mol. The Kier molecular flexibility index (Phi) is 4.59. The molecular formula is C15H27N5O. The summed E-state index contributed by atoms with van der Waals surface area (Å²) in [6.45, 7) is 8.07. The number of aryl methyl sites for hydroxylation is 2. The van der Waals surface area contributed by atoms with E-state index in [0.29, 0.717) is 6.04 Å². The Balaban J connectivity index is 1.67. The van der Waals surface area contributed by atoms with Crippen LogP contribution in [0.3, 0.4) is 0 Å². The van der Waals surface area contributed by atoms with Crippen LogP contribution in [0.1, 0.15) is 31.2 Å². The van der Waals surface area contributed by atoms with Crippen molar-refractivity contribution < 1.29 is 4.74 Å². The van der Waals surface area contributed by atoms with Crippen LogP contribution >= 0.6 is 0 Å². The Morgan fingerprint density at radius 1 is 1.57 bits per heavy atom. The summed E-state index contributed by atoms with van der Waals surface area (Å²) in [6, 6.07) is 2.91. The molecule has 1 aromatic rings. The topological polar surface area (TPSA) is 68.3 Å². The van der Waals surface area contributed by atoms with Gasteiger partial charge >= 0.3 is 0 Å². The predicted molar refractivity (Wildman–Crippen MR) is 81.8 cm³/mol. The SMILES string of the molecule is CCn1nc(C)cc1CC(NN)C1CN2CCCC2CO1. The van der Waals surface area contributed by atoms with Crippen molar-refractivity contribution in [2.75, 3.05) is 19.7 Å². The van der Waals surface area contributed by atoms with Crippen molar-refractivity contribution in [2.45, 2.75) is 57.8 Å². The van der Waals surface area contributed by atoms with Crippen LogP contribution in [-0.2, 0) is 17.7 Å². The second kappa shape index (κ2) is 6.44. The molecule has 3 N–H and O–H groups in total. The van der Waals surface area contributed by atoms with Crippen molar-refractivity contribution in [2.24, 2.45) is 5.84 Å². The minimum atomic E-state index is 0.132. The summed E-state index contributed by atoms with van der Waals surface area (Å²) in [6.07, 6.45) is 3.58. The molecule has 0 saturated carbocycles. The first-order chi connectivity index (χ1) is 10.2. The quantitative estimate of drug-likeness (QED) is 0.609. The number of hydrogen-bond donors (Lipinski definition) is 2. The van der Waals surface area contributed by atoms with Gasteiger partial charge in [0.25, 0.3) is 0 Å². The fourth-order valence-corrected chi connectivity index (χ4v) is 3.65. The molecule has 1 aromatic heterocycles. The van der Waals surface area contributed by atoms with Gasteiger partial charge in [-0.1, -0.05) is 0 Å². The first kappa shape index (κ1) is 15.0. The highest BCUT2D eigenvalue weighted by Gasteiger charge is 2.35. The van der Waals surface area contributed by atoms with E-state index in [1.54, 1.807) is 0 Å². The van der Waals surface area contributed by atoms with Crippen molar-refractivity contribution >= 4 is 0 Å². The molecule has 3 atom stereocenters. The lowest BCUT2D eigenvalue weighted by Crippen LogP contribution is -2.56. The van der Waals surface area contributed by atoms with Crippen LogP contribution in [-0.4, -0.2) is 52.6 Å². The molecule has 2 aliphatic rings. The van der Waals surface area contributed by atoms with Crippen LogP contribution < -0.4 is 11.3 Å². The standard InChI is InChI=1S/C15H27N5O/c1-3-20-13(7-11(2)18-20)8-14(17-16)15-9-19-6-4-5-12(19)10-21-15/h7,12,14-15,17H,3-6,8-10,16H2,1-2H3. The smallest absolute Gasteiger partial charge is 0.0872 e. The summed E-state index contributed by atoms with van der Waals surface area (Å²) < 4.78 is 8.14. The average Bonchev–Trinajstić information content (AvgIpc) is 3.09. The molecule has 3 rings (SSSR count). The lowest BCUT2D eigenvalue weighted by atomic mass is 10.0. The molecule has 6 nitrogen and oxygen atoms in total.